The molecule has 1 atom stereocenters. The van der Waals surface area contributed by atoms with E-state index in [0.717, 1.165) is 42.8 Å². The number of nitro benzene ring substituents is 1. The van der Waals surface area contributed by atoms with Crippen LogP contribution in [-0.4, -0.2) is 36.0 Å². The zero-order valence-electron chi connectivity index (χ0n) is 12.3. The van der Waals surface area contributed by atoms with E-state index in [1.54, 1.807) is 12.1 Å². The van der Waals surface area contributed by atoms with Crippen molar-refractivity contribution in [2.45, 2.75) is 26.3 Å². The molecule has 1 aliphatic heterocycles. The number of nitrogens with zero attached hydrogens (tertiary/aromatic N) is 2. The number of rotatable bonds is 6. The van der Waals surface area contributed by atoms with E-state index in [1.807, 2.05) is 6.07 Å². The third-order valence-corrected chi connectivity index (χ3v) is 4.38. The molecule has 0 radical (unpaired) electrons. The van der Waals surface area contributed by atoms with Crippen LogP contribution in [0.1, 0.15) is 25.3 Å². The summed E-state index contributed by atoms with van der Waals surface area (Å²) in [5.74, 6) is 0.681. The first-order valence-electron chi connectivity index (χ1n) is 7.45. The van der Waals surface area contributed by atoms with Crippen LogP contribution in [0, 0.1) is 16.0 Å². The third kappa shape index (κ3) is 5.05. The summed E-state index contributed by atoms with van der Waals surface area (Å²) in [6.07, 6.45) is 2.51. The molecule has 1 N–H and O–H groups in total. The lowest BCUT2D eigenvalue weighted by molar-refractivity contribution is -0.385. The van der Waals surface area contributed by atoms with Gasteiger partial charge in [0.1, 0.15) is 0 Å². The van der Waals surface area contributed by atoms with Gasteiger partial charge in [-0.25, -0.2) is 0 Å². The van der Waals surface area contributed by atoms with Crippen LogP contribution in [0.15, 0.2) is 22.7 Å². The fraction of sp³-hybridized carbons (Fsp3) is 0.600. The average molecular weight is 356 g/mol. The zero-order chi connectivity index (χ0) is 15.2. The van der Waals surface area contributed by atoms with Gasteiger partial charge in [-0.15, -0.1) is 0 Å². The maximum Gasteiger partial charge on any atom is 0.270 e. The van der Waals surface area contributed by atoms with Crippen LogP contribution in [0.25, 0.3) is 0 Å². The summed E-state index contributed by atoms with van der Waals surface area (Å²) in [6, 6.07) is 5.19. The Morgan fingerprint density at radius 2 is 2.29 bits per heavy atom. The molecule has 1 saturated heterocycles. The van der Waals surface area contributed by atoms with Gasteiger partial charge in [0.05, 0.1) is 4.92 Å². The number of hydrogen-bond acceptors (Lipinski definition) is 4. The molecule has 21 heavy (non-hydrogen) atoms. The molecule has 0 bridgehead atoms. The molecule has 1 aliphatic rings. The van der Waals surface area contributed by atoms with Crippen LogP contribution in [0.3, 0.4) is 0 Å². The monoisotopic (exact) mass is 355 g/mol. The Labute approximate surface area is 134 Å². The van der Waals surface area contributed by atoms with E-state index in [9.17, 15) is 10.1 Å². The van der Waals surface area contributed by atoms with Gasteiger partial charge in [-0.1, -0.05) is 22.9 Å². The number of nitrogens with one attached hydrogen (secondary N) is 1. The quantitative estimate of drug-likeness (QED) is 0.628. The Bertz CT molecular complexity index is 490. The van der Waals surface area contributed by atoms with Gasteiger partial charge in [0.25, 0.3) is 5.69 Å². The first-order chi connectivity index (χ1) is 10.1. The van der Waals surface area contributed by atoms with Gasteiger partial charge in [0, 0.05) is 29.7 Å². The van der Waals surface area contributed by atoms with Crippen LogP contribution >= 0.6 is 15.9 Å². The van der Waals surface area contributed by atoms with Crippen molar-refractivity contribution < 1.29 is 4.92 Å². The number of nitro groups is 1. The van der Waals surface area contributed by atoms with Crippen molar-refractivity contribution in [3.8, 4) is 0 Å². The summed E-state index contributed by atoms with van der Waals surface area (Å²) < 4.78 is 0.766. The highest BCUT2D eigenvalue weighted by molar-refractivity contribution is 9.10. The van der Waals surface area contributed by atoms with Gasteiger partial charge in [0.15, 0.2) is 0 Å². The van der Waals surface area contributed by atoms with Crippen molar-refractivity contribution >= 4 is 21.6 Å². The fourth-order valence-corrected chi connectivity index (χ4v) is 3.37. The predicted molar refractivity (Wildman–Crippen MR) is 87.3 cm³/mol. The van der Waals surface area contributed by atoms with Crippen molar-refractivity contribution in [3.05, 3.63) is 38.3 Å². The van der Waals surface area contributed by atoms with Crippen LogP contribution in [0.5, 0.6) is 0 Å². The van der Waals surface area contributed by atoms with Crippen LogP contribution < -0.4 is 5.32 Å². The summed E-state index contributed by atoms with van der Waals surface area (Å²) in [5.41, 5.74) is 1.14. The van der Waals surface area contributed by atoms with Crippen molar-refractivity contribution in [1.82, 2.24) is 10.2 Å². The first kappa shape index (κ1) is 16.4. The lowest BCUT2D eigenvalue weighted by Crippen LogP contribution is -2.38. The molecule has 116 valence electrons. The van der Waals surface area contributed by atoms with E-state index >= 15 is 0 Å². The number of benzene rings is 1. The minimum atomic E-state index is -0.338. The Balaban J connectivity index is 2.01. The van der Waals surface area contributed by atoms with Gasteiger partial charge in [0.2, 0.25) is 0 Å². The Morgan fingerprint density at radius 3 is 2.90 bits per heavy atom. The fourth-order valence-electron chi connectivity index (χ4n) is 2.84. The molecule has 6 heteroatoms. The Kier molecular flexibility index (Phi) is 6.14. The normalized spacial score (nSPS) is 18.9. The van der Waals surface area contributed by atoms with Crippen molar-refractivity contribution in [2.75, 3.05) is 26.2 Å². The largest absolute Gasteiger partial charge is 0.316 e. The number of hydrogen-bond donors (Lipinski definition) is 1. The zero-order valence-corrected chi connectivity index (χ0v) is 13.9. The van der Waals surface area contributed by atoms with Crippen LogP contribution in [-0.2, 0) is 6.54 Å². The SMILES string of the molecule is CCN(Cc1cc(Br)cc([N+](=O)[O-])c1)CC1CCCNC1. The second-order valence-corrected chi connectivity index (χ2v) is 6.53. The number of piperidine rings is 1. The lowest BCUT2D eigenvalue weighted by Gasteiger charge is -2.29. The molecular weight excluding hydrogens is 334 g/mol. The highest BCUT2D eigenvalue weighted by Gasteiger charge is 2.17. The smallest absolute Gasteiger partial charge is 0.270 e. The molecular formula is C15H22BrN3O2. The molecule has 0 aliphatic carbocycles. The minimum Gasteiger partial charge on any atom is -0.316 e. The van der Waals surface area contributed by atoms with Crippen molar-refractivity contribution in [3.63, 3.8) is 0 Å². The van der Waals surface area contributed by atoms with Crippen LogP contribution in [0.4, 0.5) is 5.69 Å². The van der Waals surface area contributed by atoms with E-state index in [4.69, 9.17) is 0 Å². The van der Waals surface area contributed by atoms with Crippen LogP contribution in [0.2, 0.25) is 0 Å². The Morgan fingerprint density at radius 1 is 1.48 bits per heavy atom. The third-order valence-electron chi connectivity index (χ3n) is 3.92. The molecule has 1 aromatic carbocycles. The highest BCUT2D eigenvalue weighted by atomic mass is 79.9. The van der Waals surface area contributed by atoms with Gasteiger partial charge < -0.3 is 5.32 Å². The van der Waals surface area contributed by atoms with E-state index < -0.39 is 0 Å². The molecule has 1 fully saturated rings. The van der Waals surface area contributed by atoms with E-state index in [2.05, 4.69) is 33.1 Å². The second kappa shape index (κ2) is 7.87. The molecule has 5 nitrogen and oxygen atoms in total. The lowest BCUT2D eigenvalue weighted by atomic mass is 9.99. The topological polar surface area (TPSA) is 58.4 Å². The molecule has 0 spiro atoms. The van der Waals surface area contributed by atoms with Crippen molar-refractivity contribution in [2.24, 2.45) is 5.92 Å². The van der Waals surface area contributed by atoms with Gasteiger partial charge in [-0.3, -0.25) is 15.0 Å². The molecule has 1 aromatic rings. The summed E-state index contributed by atoms with van der Waals surface area (Å²) in [6.45, 7) is 7.10. The summed E-state index contributed by atoms with van der Waals surface area (Å²) in [5, 5.41) is 14.4. The molecule has 2 rings (SSSR count). The van der Waals surface area contributed by atoms with E-state index in [-0.39, 0.29) is 10.6 Å². The molecule has 0 amide bonds. The van der Waals surface area contributed by atoms with Gasteiger partial charge >= 0.3 is 0 Å². The van der Waals surface area contributed by atoms with E-state index in [1.165, 1.54) is 12.8 Å². The van der Waals surface area contributed by atoms with Gasteiger partial charge in [-0.2, -0.15) is 0 Å². The van der Waals surface area contributed by atoms with Gasteiger partial charge in [-0.05, 0) is 50.0 Å². The summed E-state index contributed by atoms with van der Waals surface area (Å²) in [4.78, 5) is 13.0. The molecule has 1 unspecified atom stereocenters. The summed E-state index contributed by atoms with van der Waals surface area (Å²) >= 11 is 3.36. The average Bonchev–Trinajstić information content (AvgIpc) is 2.47. The molecule has 0 aromatic heterocycles. The van der Waals surface area contributed by atoms with Crippen molar-refractivity contribution in [1.29, 1.82) is 0 Å². The molecule has 1 heterocycles. The predicted octanol–water partition coefficient (Wildman–Crippen LogP) is 3.18. The maximum absolute atomic E-state index is 10.9. The Hall–Kier alpha value is -0.980. The standard InChI is InChI=1S/C15H22BrN3O2/c1-2-18(10-12-4-3-5-17-9-12)11-13-6-14(16)8-15(7-13)19(20)21/h6-8,12,17H,2-5,9-11H2,1H3. The van der Waals surface area contributed by atoms with E-state index in [0.29, 0.717) is 5.92 Å². The minimum absolute atomic E-state index is 0.148. The molecule has 0 saturated carbocycles. The number of non-ortho nitro benzene ring substituents is 1. The second-order valence-electron chi connectivity index (χ2n) is 5.61. The highest BCUT2D eigenvalue weighted by Crippen LogP contribution is 2.23. The summed E-state index contributed by atoms with van der Waals surface area (Å²) in [7, 11) is 0. The maximum atomic E-state index is 10.9. The first-order valence-corrected chi connectivity index (χ1v) is 8.24. The number of halogens is 1.